The molecule has 2 aromatic carbocycles. The summed E-state index contributed by atoms with van der Waals surface area (Å²) in [5, 5.41) is 11.0. The quantitative estimate of drug-likeness (QED) is 0.451. The van der Waals surface area contributed by atoms with Gasteiger partial charge in [-0.2, -0.15) is 0 Å². The Morgan fingerprint density at radius 3 is 2.48 bits per heavy atom. The van der Waals surface area contributed by atoms with E-state index in [4.69, 9.17) is 21.4 Å². The third kappa shape index (κ3) is 3.35. The minimum Gasteiger partial charge on any atom is -0.457 e. The Balaban J connectivity index is 1.42. The Hall–Kier alpha value is -3.62. The first-order valence-electron chi connectivity index (χ1n) is 9.09. The first-order valence-corrected chi connectivity index (χ1v) is 10.3. The molecule has 0 unspecified atom stereocenters. The summed E-state index contributed by atoms with van der Waals surface area (Å²) in [7, 11) is 0. The highest BCUT2D eigenvalue weighted by Gasteiger charge is 2.34. The normalized spacial score (nSPS) is 16.9. The number of amides is 3. The molecule has 2 N–H and O–H groups in total. The number of fused-ring (bicyclic) bond motifs is 1. The fourth-order valence-corrected chi connectivity index (χ4v) is 4.32. The van der Waals surface area contributed by atoms with E-state index in [-0.39, 0.29) is 11.1 Å². The lowest BCUT2D eigenvalue weighted by molar-refractivity contribution is -0.113. The largest absolute Gasteiger partial charge is 0.457 e. The van der Waals surface area contributed by atoms with Crippen molar-refractivity contribution in [1.82, 2.24) is 5.32 Å². The second kappa shape index (κ2) is 7.26. The molecule has 7 nitrogen and oxygen atoms in total. The molecule has 152 valence electrons. The van der Waals surface area contributed by atoms with Gasteiger partial charge in [0, 0.05) is 16.7 Å². The maximum atomic E-state index is 12.8. The summed E-state index contributed by atoms with van der Waals surface area (Å²) >= 11 is 6.94. The number of hydrogen-bond acceptors (Lipinski definition) is 6. The van der Waals surface area contributed by atoms with Crippen LogP contribution in [0.4, 0.5) is 5.69 Å². The van der Waals surface area contributed by atoms with Crippen LogP contribution in [0.3, 0.4) is 0 Å². The lowest BCUT2D eigenvalue weighted by Crippen LogP contribution is -2.27. The topological polar surface area (TPSA) is 103 Å². The highest BCUT2D eigenvalue weighted by atomic mass is 35.5. The maximum Gasteiger partial charge on any atom is 0.271 e. The van der Waals surface area contributed by atoms with E-state index in [1.54, 1.807) is 60.7 Å². The molecular weight excluding hydrogens is 438 g/mol. The van der Waals surface area contributed by atoms with Crippen molar-refractivity contribution in [1.29, 1.82) is 5.41 Å². The molecule has 3 amide bonds. The van der Waals surface area contributed by atoms with Crippen molar-refractivity contribution < 1.29 is 18.8 Å². The Morgan fingerprint density at radius 1 is 0.968 bits per heavy atom. The van der Waals surface area contributed by atoms with Crippen molar-refractivity contribution in [3.63, 3.8) is 0 Å². The number of thioether (sulfide) groups is 1. The Kier molecular flexibility index (Phi) is 4.53. The van der Waals surface area contributed by atoms with Gasteiger partial charge in [-0.05, 0) is 60.3 Å². The summed E-state index contributed by atoms with van der Waals surface area (Å²) in [5.74, 6) is -0.270. The van der Waals surface area contributed by atoms with Gasteiger partial charge in [0.15, 0.2) is 5.17 Å². The summed E-state index contributed by atoms with van der Waals surface area (Å²) in [5.41, 5.74) is 1.82. The molecule has 2 aliphatic heterocycles. The standard InChI is InChI=1S/C22H12ClN3O4S/c23-12-2-4-13(5-3-12)26-21(29)18(31-22(26)24)10-14-6-8-17(30-14)11-1-7-15-16(9-11)20(28)25-19(15)27/h1-10,24H,(H,25,27,28)/b18-10-,24-22?. The molecule has 2 aliphatic rings. The van der Waals surface area contributed by atoms with E-state index < -0.39 is 11.8 Å². The van der Waals surface area contributed by atoms with Gasteiger partial charge in [0.25, 0.3) is 17.7 Å². The van der Waals surface area contributed by atoms with Crippen LogP contribution in [0.25, 0.3) is 17.4 Å². The molecule has 0 aliphatic carbocycles. The summed E-state index contributed by atoms with van der Waals surface area (Å²) in [6.45, 7) is 0. The molecule has 1 fully saturated rings. The maximum absolute atomic E-state index is 12.8. The van der Waals surface area contributed by atoms with Gasteiger partial charge in [0.05, 0.1) is 21.7 Å². The first kappa shape index (κ1) is 19.3. The van der Waals surface area contributed by atoms with E-state index in [2.05, 4.69) is 5.32 Å². The smallest absolute Gasteiger partial charge is 0.271 e. The van der Waals surface area contributed by atoms with E-state index in [1.807, 2.05) is 0 Å². The van der Waals surface area contributed by atoms with Crippen LogP contribution < -0.4 is 10.2 Å². The number of imide groups is 1. The summed E-state index contributed by atoms with van der Waals surface area (Å²) in [6, 6.07) is 15.0. The average molecular weight is 450 g/mol. The number of carbonyl (C=O) groups is 3. The van der Waals surface area contributed by atoms with Gasteiger partial charge in [-0.3, -0.25) is 30.0 Å². The number of nitrogens with one attached hydrogen (secondary N) is 2. The minimum atomic E-state index is -0.440. The molecule has 0 bridgehead atoms. The molecule has 0 atom stereocenters. The number of amidine groups is 1. The molecule has 0 spiro atoms. The predicted octanol–water partition coefficient (Wildman–Crippen LogP) is 4.54. The first-order chi connectivity index (χ1) is 14.9. The number of benzene rings is 2. The van der Waals surface area contributed by atoms with Crippen LogP contribution in [-0.2, 0) is 4.79 Å². The number of carbonyl (C=O) groups excluding carboxylic acids is 3. The number of halogens is 1. The number of hydrogen-bond donors (Lipinski definition) is 2. The monoisotopic (exact) mass is 449 g/mol. The highest BCUT2D eigenvalue weighted by molar-refractivity contribution is 8.19. The number of furan rings is 1. The van der Waals surface area contributed by atoms with Gasteiger partial charge in [-0.15, -0.1) is 0 Å². The van der Waals surface area contributed by atoms with E-state index in [0.717, 1.165) is 11.8 Å². The molecule has 9 heteroatoms. The van der Waals surface area contributed by atoms with Gasteiger partial charge >= 0.3 is 0 Å². The van der Waals surface area contributed by atoms with Crippen molar-refractivity contribution in [2.75, 3.05) is 4.90 Å². The molecule has 3 heterocycles. The van der Waals surface area contributed by atoms with Crippen LogP contribution >= 0.6 is 23.4 Å². The molecule has 0 saturated carbocycles. The Bertz CT molecular complexity index is 1330. The third-order valence-corrected chi connectivity index (χ3v) is 5.97. The van der Waals surface area contributed by atoms with E-state index in [1.165, 1.54) is 4.90 Å². The zero-order chi connectivity index (χ0) is 21.7. The number of rotatable bonds is 3. The summed E-state index contributed by atoms with van der Waals surface area (Å²) in [6.07, 6.45) is 1.57. The van der Waals surface area contributed by atoms with E-state index in [0.29, 0.717) is 43.8 Å². The summed E-state index contributed by atoms with van der Waals surface area (Å²) in [4.78, 5) is 38.1. The Morgan fingerprint density at radius 2 is 1.71 bits per heavy atom. The van der Waals surface area contributed by atoms with Crippen molar-refractivity contribution in [3.05, 3.63) is 81.4 Å². The fraction of sp³-hybridized carbons (Fsp3) is 0. The second-order valence-electron chi connectivity index (χ2n) is 6.78. The zero-order valence-electron chi connectivity index (χ0n) is 15.6. The molecular formula is C22H12ClN3O4S. The van der Waals surface area contributed by atoms with Crippen LogP contribution in [0, 0.1) is 5.41 Å². The fourth-order valence-electron chi connectivity index (χ4n) is 3.35. The van der Waals surface area contributed by atoms with Gasteiger partial charge in [-0.1, -0.05) is 17.7 Å². The van der Waals surface area contributed by atoms with Gasteiger partial charge < -0.3 is 4.42 Å². The second-order valence-corrected chi connectivity index (χ2v) is 8.25. The van der Waals surface area contributed by atoms with E-state index >= 15 is 0 Å². The average Bonchev–Trinajstić information content (AvgIpc) is 3.41. The SMILES string of the molecule is N=C1S/C(=C\c2ccc(-c3ccc4c(c3)C(=O)NC4=O)o2)C(=O)N1c1ccc(Cl)cc1. The molecule has 5 rings (SSSR count). The Labute approximate surface area is 185 Å². The number of nitrogens with zero attached hydrogens (tertiary/aromatic N) is 1. The van der Waals surface area contributed by atoms with Crippen molar-refractivity contribution in [2.24, 2.45) is 0 Å². The van der Waals surface area contributed by atoms with Crippen LogP contribution in [0.5, 0.6) is 0 Å². The molecule has 3 aromatic rings. The third-order valence-electron chi connectivity index (χ3n) is 4.83. The van der Waals surface area contributed by atoms with Crippen molar-refractivity contribution in [3.8, 4) is 11.3 Å². The molecule has 1 saturated heterocycles. The molecule has 0 radical (unpaired) electrons. The van der Waals surface area contributed by atoms with Crippen molar-refractivity contribution in [2.45, 2.75) is 0 Å². The van der Waals surface area contributed by atoms with Crippen molar-refractivity contribution >= 4 is 58.0 Å². The van der Waals surface area contributed by atoms with Crippen LogP contribution in [0.15, 0.2) is 63.9 Å². The molecule has 31 heavy (non-hydrogen) atoms. The van der Waals surface area contributed by atoms with Crippen LogP contribution in [-0.4, -0.2) is 22.9 Å². The van der Waals surface area contributed by atoms with E-state index in [9.17, 15) is 14.4 Å². The molecule has 1 aromatic heterocycles. The van der Waals surface area contributed by atoms with Gasteiger partial charge in [0.2, 0.25) is 0 Å². The highest BCUT2D eigenvalue weighted by Crippen LogP contribution is 2.36. The minimum absolute atomic E-state index is 0.0830. The van der Waals surface area contributed by atoms with Gasteiger partial charge in [-0.25, -0.2) is 0 Å². The van der Waals surface area contributed by atoms with Crippen LogP contribution in [0.1, 0.15) is 26.5 Å². The van der Waals surface area contributed by atoms with Crippen LogP contribution in [0.2, 0.25) is 5.02 Å². The van der Waals surface area contributed by atoms with Gasteiger partial charge in [0.1, 0.15) is 11.5 Å². The number of anilines is 1. The summed E-state index contributed by atoms with van der Waals surface area (Å²) < 4.78 is 5.83. The zero-order valence-corrected chi connectivity index (χ0v) is 17.2. The lowest BCUT2D eigenvalue weighted by Gasteiger charge is -2.14. The predicted molar refractivity (Wildman–Crippen MR) is 118 cm³/mol. The lowest BCUT2D eigenvalue weighted by atomic mass is 10.0.